The Kier molecular flexibility index (Phi) is 3.61. The molecule has 0 aromatic carbocycles. The first kappa shape index (κ1) is 12.6. The molecule has 1 aliphatic rings. The third-order valence-electron chi connectivity index (χ3n) is 3.62. The Bertz CT molecular complexity index is 496. The Labute approximate surface area is 107 Å². The fraction of sp³-hybridized carbons (Fsp3) is 0.500. The maximum atomic E-state index is 11.3. The summed E-state index contributed by atoms with van der Waals surface area (Å²) >= 11 is 0. The quantitative estimate of drug-likeness (QED) is 0.797. The first-order valence-corrected chi connectivity index (χ1v) is 6.24. The fourth-order valence-corrected chi connectivity index (χ4v) is 2.42. The van der Waals surface area contributed by atoms with Crippen molar-refractivity contribution in [1.82, 2.24) is 4.98 Å². The van der Waals surface area contributed by atoms with Crippen molar-refractivity contribution >= 4 is 11.6 Å². The van der Waals surface area contributed by atoms with Gasteiger partial charge in [0.2, 0.25) is 0 Å². The second-order valence-electron chi connectivity index (χ2n) is 4.81. The zero-order valence-corrected chi connectivity index (χ0v) is 10.8. The Morgan fingerprint density at radius 1 is 1.50 bits per heavy atom. The number of hydrogen-bond acceptors (Lipinski definition) is 4. The molecule has 0 amide bonds. The molecule has 1 aliphatic heterocycles. The molecule has 0 aliphatic carbocycles. The van der Waals surface area contributed by atoms with Gasteiger partial charge in [0.25, 0.3) is 0 Å². The minimum atomic E-state index is 0.177. The first-order chi connectivity index (χ1) is 8.63. The van der Waals surface area contributed by atoms with Crippen molar-refractivity contribution in [3.05, 3.63) is 23.4 Å². The molecule has 0 saturated carbocycles. The van der Waals surface area contributed by atoms with E-state index in [1.165, 1.54) is 0 Å². The Morgan fingerprint density at radius 3 is 2.72 bits per heavy atom. The second-order valence-corrected chi connectivity index (χ2v) is 4.81. The van der Waals surface area contributed by atoms with E-state index in [1.807, 2.05) is 13.0 Å². The Hall–Kier alpha value is -1.89. The van der Waals surface area contributed by atoms with Crippen molar-refractivity contribution in [3.8, 4) is 6.07 Å². The fourth-order valence-electron chi connectivity index (χ4n) is 2.42. The van der Waals surface area contributed by atoms with Gasteiger partial charge >= 0.3 is 0 Å². The third-order valence-corrected chi connectivity index (χ3v) is 3.62. The van der Waals surface area contributed by atoms with Gasteiger partial charge in [-0.15, -0.1) is 0 Å². The lowest BCUT2D eigenvalue weighted by Crippen LogP contribution is -2.36. The number of aryl methyl sites for hydroxylation is 1. The minimum Gasteiger partial charge on any atom is -0.355 e. The lowest BCUT2D eigenvalue weighted by molar-refractivity contribution is -0.121. The summed E-state index contributed by atoms with van der Waals surface area (Å²) < 4.78 is 0. The highest BCUT2D eigenvalue weighted by molar-refractivity contribution is 5.78. The summed E-state index contributed by atoms with van der Waals surface area (Å²) in [6, 6.07) is 4.08. The average Bonchev–Trinajstić information content (AvgIpc) is 2.38. The van der Waals surface area contributed by atoms with Crippen LogP contribution in [-0.2, 0) is 4.79 Å². The van der Waals surface area contributed by atoms with E-state index in [4.69, 9.17) is 0 Å². The van der Waals surface area contributed by atoms with E-state index < -0.39 is 0 Å². The number of ketones is 1. The van der Waals surface area contributed by atoms with Crippen molar-refractivity contribution in [3.63, 3.8) is 0 Å². The summed E-state index contributed by atoms with van der Waals surface area (Å²) in [4.78, 5) is 17.8. The van der Waals surface area contributed by atoms with Crippen molar-refractivity contribution in [2.24, 2.45) is 5.92 Å². The van der Waals surface area contributed by atoms with Gasteiger partial charge in [0, 0.05) is 25.2 Å². The van der Waals surface area contributed by atoms with Crippen LogP contribution in [0.15, 0.2) is 12.3 Å². The normalized spacial score (nSPS) is 16.4. The van der Waals surface area contributed by atoms with Crippen molar-refractivity contribution in [1.29, 1.82) is 5.26 Å². The molecule has 1 fully saturated rings. The summed E-state index contributed by atoms with van der Waals surface area (Å²) in [7, 11) is 0. The Balaban J connectivity index is 2.18. The maximum Gasteiger partial charge on any atom is 0.146 e. The molecule has 2 heterocycles. The van der Waals surface area contributed by atoms with E-state index >= 15 is 0 Å². The monoisotopic (exact) mass is 243 g/mol. The molecule has 4 nitrogen and oxygen atoms in total. The van der Waals surface area contributed by atoms with Crippen LogP contribution < -0.4 is 4.90 Å². The zero-order chi connectivity index (χ0) is 13.1. The van der Waals surface area contributed by atoms with Crippen molar-refractivity contribution in [2.45, 2.75) is 26.7 Å². The van der Waals surface area contributed by atoms with E-state index in [0.717, 1.165) is 37.3 Å². The largest absolute Gasteiger partial charge is 0.355 e. The highest BCUT2D eigenvalue weighted by Gasteiger charge is 2.24. The van der Waals surface area contributed by atoms with E-state index in [1.54, 1.807) is 13.1 Å². The minimum absolute atomic E-state index is 0.177. The van der Waals surface area contributed by atoms with Gasteiger partial charge in [-0.1, -0.05) is 0 Å². The van der Waals surface area contributed by atoms with Crippen LogP contribution in [0.3, 0.4) is 0 Å². The van der Waals surface area contributed by atoms with Gasteiger partial charge in [-0.3, -0.25) is 4.79 Å². The molecule has 18 heavy (non-hydrogen) atoms. The van der Waals surface area contributed by atoms with Crippen LogP contribution in [0.25, 0.3) is 0 Å². The lowest BCUT2D eigenvalue weighted by atomic mass is 9.93. The van der Waals surface area contributed by atoms with Crippen LogP contribution in [0.1, 0.15) is 30.9 Å². The molecule has 0 atom stereocenters. The molecule has 1 saturated heterocycles. The summed E-state index contributed by atoms with van der Waals surface area (Å²) in [5, 5.41) is 9.20. The molecule has 0 unspecified atom stereocenters. The number of rotatable bonds is 2. The molecular formula is C14H17N3O. The summed E-state index contributed by atoms with van der Waals surface area (Å²) in [5.74, 6) is 1.21. The van der Waals surface area contributed by atoms with Gasteiger partial charge in [-0.05, 0) is 38.3 Å². The zero-order valence-electron chi connectivity index (χ0n) is 10.8. The van der Waals surface area contributed by atoms with Crippen LogP contribution in [0.5, 0.6) is 0 Å². The average molecular weight is 243 g/mol. The van der Waals surface area contributed by atoms with Crippen LogP contribution in [0.4, 0.5) is 5.82 Å². The molecule has 0 bridgehead atoms. The topological polar surface area (TPSA) is 57.0 Å². The maximum absolute atomic E-state index is 11.3. The number of carbonyl (C=O) groups is 1. The smallest absolute Gasteiger partial charge is 0.146 e. The molecule has 1 aromatic rings. The predicted octanol–water partition coefficient (Wildman–Crippen LogP) is 2.07. The van der Waals surface area contributed by atoms with Gasteiger partial charge in [0.1, 0.15) is 17.7 Å². The number of anilines is 1. The van der Waals surface area contributed by atoms with Gasteiger partial charge in [0.05, 0.1) is 5.56 Å². The number of hydrogen-bond donors (Lipinski definition) is 0. The van der Waals surface area contributed by atoms with Gasteiger partial charge in [-0.25, -0.2) is 4.98 Å². The molecule has 0 radical (unpaired) electrons. The first-order valence-electron chi connectivity index (χ1n) is 6.24. The molecule has 94 valence electrons. The number of nitrogens with zero attached hydrogens (tertiary/aromatic N) is 3. The standard InChI is InChI=1S/C14H17N3O/c1-10-3-6-16-14(13(10)9-15)17-7-4-12(5-8-17)11(2)18/h3,6,12H,4-5,7-8H2,1-2H3. The Morgan fingerprint density at radius 2 is 2.17 bits per heavy atom. The van der Waals surface area contributed by atoms with E-state index in [9.17, 15) is 10.1 Å². The van der Waals surface area contributed by atoms with E-state index in [2.05, 4.69) is 16.0 Å². The van der Waals surface area contributed by atoms with Crippen molar-refractivity contribution < 1.29 is 4.79 Å². The highest BCUT2D eigenvalue weighted by atomic mass is 16.1. The van der Waals surface area contributed by atoms with Crippen LogP contribution in [0, 0.1) is 24.2 Å². The van der Waals surface area contributed by atoms with Gasteiger partial charge in [0.15, 0.2) is 0 Å². The third kappa shape index (κ3) is 2.35. The molecule has 2 rings (SSSR count). The SMILES string of the molecule is CC(=O)C1CCN(c2nccc(C)c2C#N)CC1. The highest BCUT2D eigenvalue weighted by Crippen LogP contribution is 2.26. The number of carbonyl (C=O) groups excluding carboxylic acids is 1. The molecular weight excluding hydrogens is 226 g/mol. The second kappa shape index (κ2) is 5.18. The summed E-state index contributed by atoms with van der Waals surface area (Å²) in [5.41, 5.74) is 1.61. The molecule has 0 spiro atoms. The molecule has 4 heteroatoms. The number of nitriles is 1. The number of piperidine rings is 1. The lowest BCUT2D eigenvalue weighted by Gasteiger charge is -2.32. The van der Waals surface area contributed by atoms with E-state index in [-0.39, 0.29) is 11.7 Å². The van der Waals surface area contributed by atoms with E-state index in [0.29, 0.717) is 5.56 Å². The van der Waals surface area contributed by atoms with Gasteiger partial charge in [-0.2, -0.15) is 5.26 Å². The number of pyridine rings is 1. The molecule has 0 N–H and O–H groups in total. The van der Waals surface area contributed by atoms with Crippen LogP contribution in [-0.4, -0.2) is 23.9 Å². The van der Waals surface area contributed by atoms with Crippen LogP contribution >= 0.6 is 0 Å². The van der Waals surface area contributed by atoms with Gasteiger partial charge < -0.3 is 4.90 Å². The van der Waals surface area contributed by atoms with Crippen LogP contribution in [0.2, 0.25) is 0 Å². The summed E-state index contributed by atoms with van der Waals surface area (Å²) in [6.45, 7) is 5.18. The van der Waals surface area contributed by atoms with Crippen molar-refractivity contribution in [2.75, 3.05) is 18.0 Å². The number of Topliss-reactive ketones (excluding diaryl/α,β-unsaturated/α-hetero) is 1. The predicted molar refractivity (Wildman–Crippen MR) is 69.3 cm³/mol. The summed E-state index contributed by atoms with van der Waals surface area (Å²) in [6.07, 6.45) is 3.45. The number of aromatic nitrogens is 1. The molecule has 1 aromatic heterocycles.